The summed E-state index contributed by atoms with van der Waals surface area (Å²) >= 11 is 0. The molecule has 0 bridgehead atoms. The molecule has 0 saturated heterocycles. The first kappa shape index (κ1) is 10.7. The van der Waals surface area contributed by atoms with Crippen molar-refractivity contribution in [2.45, 2.75) is 19.4 Å². The number of carboxylic acids is 1. The highest BCUT2D eigenvalue weighted by Crippen LogP contribution is 2.18. The van der Waals surface area contributed by atoms with Gasteiger partial charge in [0, 0.05) is 12.1 Å². The van der Waals surface area contributed by atoms with Crippen LogP contribution < -0.4 is 5.73 Å². The number of carbonyl (C=O) groups is 1. The number of halogens is 1. The fourth-order valence-corrected chi connectivity index (χ4v) is 1.14. The lowest BCUT2D eigenvalue weighted by molar-refractivity contribution is -0.138. The molecule has 0 heterocycles. The van der Waals surface area contributed by atoms with E-state index in [1.54, 1.807) is 6.07 Å². The first-order valence-corrected chi connectivity index (χ1v) is 4.27. The Balaban J connectivity index is 3.02. The minimum atomic E-state index is -0.968. The van der Waals surface area contributed by atoms with E-state index in [1.807, 2.05) is 0 Å². The van der Waals surface area contributed by atoms with Crippen LogP contribution in [0.2, 0.25) is 0 Å². The molecular weight excluding hydrogens is 185 g/mol. The van der Waals surface area contributed by atoms with E-state index in [4.69, 9.17) is 10.8 Å². The predicted molar refractivity (Wildman–Crippen MR) is 50.3 cm³/mol. The van der Waals surface area contributed by atoms with Gasteiger partial charge in [0.15, 0.2) is 0 Å². The average molecular weight is 197 g/mol. The zero-order valence-electron chi connectivity index (χ0n) is 7.83. The van der Waals surface area contributed by atoms with Gasteiger partial charge in [0.05, 0.1) is 5.92 Å². The molecule has 14 heavy (non-hydrogen) atoms. The number of aliphatic carboxylic acids is 1. The Morgan fingerprint density at radius 1 is 1.64 bits per heavy atom. The smallest absolute Gasteiger partial charge is 0.310 e. The number of carboxylic acid groups (broad SMARTS) is 1. The van der Waals surface area contributed by atoms with Gasteiger partial charge in [-0.2, -0.15) is 0 Å². The summed E-state index contributed by atoms with van der Waals surface area (Å²) in [6.45, 7) is 1.63. The fourth-order valence-electron chi connectivity index (χ4n) is 1.14. The van der Waals surface area contributed by atoms with Gasteiger partial charge >= 0.3 is 5.97 Å². The minimum Gasteiger partial charge on any atom is -0.481 e. The van der Waals surface area contributed by atoms with Crippen molar-refractivity contribution in [2.24, 2.45) is 5.73 Å². The van der Waals surface area contributed by atoms with Gasteiger partial charge in [-0.15, -0.1) is 0 Å². The molecule has 1 aromatic rings. The van der Waals surface area contributed by atoms with E-state index in [9.17, 15) is 9.18 Å². The molecule has 1 rings (SSSR count). The molecule has 0 spiro atoms. The van der Waals surface area contributed by atoms with Crippen molar-refractivity contribution < 1.29 is 14.3 Å². The van der Waals surface area contributed by atoms with Crippen molar-refractivity contribution in [1.82, 2.24) is 0 Å². The molecule has 0 saturated carbocycles. The summed E-state index contributed by atoms with van der Waals surface area (Å²) in [5.74, 6) is -2.11. The average Bonchev–Trinajstić information content (AvgIpc) is 2.16. The number of benzene rings is 1. The van der Waals surface area contributed by atoms with Crippen LogP contribution in [0.15, 0.2) is 18.2 Å². The molecule has 76 valence electrons. The third kappa shape index (κ3) is 2.09. The SMILES string of the molecule is CC(C(=O)O)c1ccc(CN)c(F)c1. The summed E-state index contributed by atoms with van der Waals surface area (Å²) in [5.41, 5.74) is 6.13. The maximum absolute atomic E-state index is 13.2. The van der Waals surface area contributed by atoms with Crippen molar-refractivity contribution in [2.75, 3.05) is 0 Å². The standard InChI is InChI=1S/C10H12FNO2/c1-6(10(13)14)7-2-3-8(5-12)9(11)4-7/h2-4,6H,5,12H2,1H3,(H,13,14). The first-order chi connectivity index (χ1) is 6.56. The molecular formula is C10H12FNO2. The highest BCUT2D eigenvalue weighted by Gasteiger charge is 2.14. The Hall–Kier alpha value is -1.42. The summed E-state index contributed by atoms with van der Waals surface area (Å²) in [7, 11) is 0. The zero-order chi connectivity index (χ0) is 10.7. The van der Waals surface area contributed by atoms with E-state index in [2.05, 4.69) is 0 Å². The molecule has 3 N–H and O–H groups in total. The van der Waals surface area contributed by atoms with Crippen LogP contribution in [0.3, 0.4) is 0 Å². The van der Waals surface area contributed by atoms with Gasteiger partial charge in [0.2, 0.25) is 0 Å². The normalized spacial score (nSPS) is 12.5. The van der Waals surface area contributed by atoms with Crippen LogP contribution in [-0.4, -0.2) is 11.1 Å². The van der Waals surface area contributed by atoms with Crippen LogP contribution in [0.5, 0.6) is 0 Å². The van der Waals surface area contributed by atoms with Crippen molar-refractivity contribution in [3.8, 4) is 0 Å². The number of nitrogens with two attached hydrogens (primary N) is 1. The Bertz CT molecular complexity index is 352. The van der Waals surface area contributed by atoms with Crippen LogP contribution >= 0.6 is 0 Å². The van der Waals surface area contributed by atoms with E-state index in [0.29, 0.717) is 11.1 Å². The van der Waals surface area contributed by atoms with E-state index < -0.39 is 17.7 Å². The van der Waals surface area contributed by atoms with E-state index in [0.717, 1.165) is 0 Å². The van der Waals surface area contributed by atoms with Crippen LogP contribution in [-0.2, 0) is 11.3 Å². The summed E-state index contributed by atoms with van der Waals surface area (Å²) in [4.78, 5) is 10.6. The zero-order valence-corrected chi connectivity index (χ0v) is 7.83. The largest absolute Gasteiger partial charge is 0.481 e. The van der Waals surface area contributed by atoms with Crippen molar-refractivity contribution in [1.29, 1.82) is 0 Å². The minimum absolute atomic E-state index is 0.119. The molecule has 0 aromatic heterocycles. The second kappa shape index (κ2) is 4.19. The van der Waals surface area contributed by atoms with Gasteiger partial charge in [-0.25, -0.2) is 4.39 Å². The van der Waals surface area contributed by atoms with Gasteiger partial charge in [-0.1, -0.05) is 12.1 Å². The van der Waals surface area contributed by atoms with Crippen molar-refractivity contribution >= 4 is 5.97 Å². The predicted octanol–water partition coefficient (Wildman–Crippen LogP) is 1.47. The van der Waals surface area contributed by atoms with Crippen LogP contribution in [0.25, 0.3) is 0 Å². The number of hydrogen-bond acceptors (Lipinski definition) is 2. The monoisotopic (exact) mass is 197 g/mol. The Morgan fingerprint density at radius 3 is 2.71 bits per heavy atom. The molecule has 0 aliphatic carbocycles. The van der Waals surface area contributed by atoms with E-state index >= 15 is 0 Å². The van der Waals surface area contributed by atoms with Crippen LogP contribution in [0.1, 0.15) is 24.0 Å². The third-order valence-electron chi connectivity index (χ3n) is 2.17. The molecule has 0 amide bonds. The lowest BCUT2D eigenvalue weighted by Gasteiger charge is -2.08. The van der Waals surface area contributed by atoms with Gasteiger partial charge in [-0.3, -0.25) is 4.79 Å². The molecule has 0 aliphatic heterocycles. The molecule has 1 unspecified atom stereocenters. The Kier molecular flexibility index (Phi) is 3.19. The Morgan fingerprint density at radius 2 is 2.29 bits per heavy atom. The lowest BCUT2D eigenvalue weighted by Crippen LogP contribution is -2.08. The maximum atomic E-state index is 13.2. The van der Waals surface area contributed by atoms with Crippen LogP contribution in [0, 0.1) is 5.82 Å². The number of hydrogen-bond donors (Lipinski definition) is 2. The Labute approximate surface area is 81.4 Å². The molecule has 0 fully saturated rings. The van der Waals surface area contributed by atoms with E-state index in [1.165, 1.54) is 19.1 Å². The number of rotatable bonds is 3. The third-order valence-corrected chi connectivity index (χ3v) is 2.17. The van der Waals surface area contributed by atoms with Gasteiger partial charge in [0.1, 0.15) is 5.82 Å². The first-order valence-electron chi connectivity index (χ1n) is 4.27. The summed E-state index contributed by atoms with van der Waals surface area (Å²) in [5, 5.41) is 8.71. The van der Waals surface area contributed by atoms with Gasteiger partial charge in [-0.05, 0) is 18.6 Å². The highest BCUT2D eigenvalue weighted by molar-refractivity contribution is 5.75. The van der Waals surface area contributed by atoms with Gasteiger partial charge in [0.25, 0.3) is 0 Å². The second-order valence-corrected chi connectivity index (χ2v) is 3.11. The van der Waals surface area contributed by atoms with Gasteiger partial charge < -0.3 is 10.8 Å². The molecule has 0 aliphatic rings. The van der Waals surface area contributed by atoms with Crippen molar-refractivity contribution in [3.63, 3.8) is 0 Å². The summed E-state index contributed by atoms with van der Waals surface area (Å²) in [6, 6.07) is 4.33. The molecule has 0 radical (unpaired) electrons. The maximum Gasteiger partial charge on any atom is 0.310 e. The van der Waals surface area contributed by atoms with Crippen molar-refractivity contribution in [3.05, 3.63) is 35.1 Å². The lowest BCUT2D eigenvalue weighted by atomic mass is 10.00. The molecule has 1 aromatic carbocycles. The highest BCUT2D eigenvalue weighted by atomic mass is 19.1. The van der Waals surface area contributed by atoms with Crippen LogP contribution in [0.4, 0.5) is 4.39 Å². The second-order valence-electron chi connectivity index (χ2n) is 3.11. The summed E-state index contributed by atoms with van der Waals surface area (Å²) < 4.78 is 13.2. The topological polar surface area (TPSA) is 63.3 Å². The quantitative estimate of drug-likeness (QED) is 0.771. The summed E-state index contributed by atoms with van der Waals surface area (Å²) in [6.07, 6.45) is 0. The molecule has 4 heteroatoms. The molecule has 1 atom stereocenters. The van der Waals surface area contributed by atoms with E-state index in [-0.39, 0.29) is 6.54 Å². The molecule has 3 nitrogen and oxygen atoms in total. The fraction of sp³-hybridized carbons (Fsp3) is 0.300.